The average molecular weight is 278 g/mol. The topological polar surface area (TPSA) is 91.2 Å². The summed E-state index contributed by atoms with van der Waals surface area (Å²) in [5.41, 5.74) is 1.96. The minimum Gasteiger partial charge on any atom is -0.483 e. The van der Waals surface area contributed by atoms with E-state index in [0.717, 1.165) is 12.1 Å². The molecule has 7 heteroatoms. The van der Waals surface area contributed by atoms with Gasteiger partial charge in [0.2, 0.25) is 0 Å². The first-order valence-corrected chi connectivity index (χ1v) is 5.93. The second kappa shape index (κ2) is 7.25. The van der Waals surface area contributed by atoms with Crippen LogP contribution in [0.15, 0.2) is 29.1 Å². The lowest BCUT2D eigenvalue weighted by Crippen LogP contribution is -2.13. The van der Waals surface area contributed by atoms with Crippen molar-refractivity contribution in [3.05, 3.63) is 40.3 Å². The third-order valence-electron chi connectivity index (χ3n) is 2.50. The van der Waals surface area contributed by atoms with Gasteiger partial charge in [-0.2, -0.15) is 5.10 Å². The van der Waals surface area contributed by atoms with Crippen LogP contribution in [0.3, 0.4) is 0 Å². The van der Waals surface area contributed by atoms with Gasteiger partial charge in [-0.1, -0.05) is 24.3 Å². The van der Waals surface area contributed by atoms with Crippen molar-refractivity contribution in [2.75, 3.05) is 14.1 Å². The van der Waals surface area contributed by atoms with Gasteiger partial charge in [0, 0.05) is 19.2 Å². The lowest BCUT2D eigenvalue weighted by Gasteiger charge is -2.09. The van der Waals surface area contributed by atoms with E-state index in [1.54, 1.807) is 7.05 Å². The van der Waals surface area contributed by atoms with Crippen LogP contribution in [0.1, 0.15) is 5.56 Å². The van der Waals surface area contributed by atoms with Crippen LogP contribution in [-0.2, 0) is 18.4 Å². The quantitative estimate of drug-likeness (QED) is 0.799. The largest absolute Gasteiger partial charge is 0.483 e. The molecule has 0 aliphatic carbocycles. The van der Waals surface area contributed by atoms with Gasteiger partial charge in [0.1, 0.15) is 0 Å². The Hall–Kier alpha value is -2.41. The van der Waals surface area contributed by atoms with E-state index in [4.69, 9.17) is 9.90 Å². The number of H-pyrrole nitrogens is 1. The third kappa shape index (κ3) is 4.36. The number of carboxylic acid groups (broad SMARTS) is 1. The highest BCUT2D eigenvalue weighted by molar-refractivity contribution is 5.54. The van der Waals surface area contributed by atoms with Gasteiger partial charge in [0.05, 0.1) is 0 Å². The fraction of sp³-hybridized carbons (Fsp3) is 0.308. The van der Waals surface area contributed by atoms with Gasteiger partial charge in [0.25, 0.3) is 6.47 Å². The molecule has 108 valence electrons. The lowest BCUT2D eigenvalue weighted by molar-refractivity contribution is -0.122. The molecule has 0 saturated heterocycles. The molecule has 1 aromatic carbocycles. The number of rotatable bonds is 3. The van der Waals surface area contributed by atoms with Crippen molar-refractivity contribution in [1.82, 2.24) is 19.7 Å². The molecule has 0 amide bonds. The van der Waals surface area contributed by atoms with Gasteiger partial charge < -0.3 is 10.0 Å². The highest BCUT2D eigenvalue weighted by Gasteiger charge is 2.04. The second-order valence-electron chi connectivity index (χ2n) is 4.44. The maximum atomic E-state index is 11.3. The molecule has 0 aliphatic rings. The van der Waals surface area contributed by atoms with Crippen molar-refractivity contribution < 1.29 is 9.90 Å². The van der Waals surface area contributed by atoms with E-state index >= 15 is 0 Å². The number of hydrogen-bond donors (Lipinski definition) is 2. The van der Waals surface area contributed by atoms with Crippen molar-refractivity contribution in [2.24, 2.45) is 7.05 Å². The Bertz CT molecular complexity index is 599. The Morgan fingerprint density at radius 1 is 1.35 bits per heavy atom. The molecule has 0 bridgehead atoms. The predicted molar refractivity (Wildman–Crippen MR) is 75.3 cm³/mol. The molecule has 2 aromatic rings. The van der Waals surface area contributed by atoms with Crippen LogP contribution in [0.4, 0.5) is 0 Å². The number of nitrogens with one attached hydrogen (secondary N) is 1. The molecule has 7 nitrogen and oxygen atoms in total. The van der Waals surface area contributed by atoms with E-state index in [9.17, 15) is 4.79 Å². The number of aromatic amines is 1. The summed E-state index contributed by atoms with van der Waals surface area (Å²) in [6.45, 7) is 0.652. The van der Waals surface area contributed by atoms with Crippen LogP contribution >= 0.6 is 0 Å². The molecule has 1 heterocycles. The van der Waals surface area contributed by atoms with Gasteiger partial charge in [-0.15, -0.1) is 0 Å². The van der Waals surface area contributed by atoms with Crippen LogP contribution in [-0.4, -0.2) is 45.3 Å². The molecule has 2 rings (SSSR count). The number of aromatic nitrogens is 3. The average Bonchev–Trinajstić information content (AvgIpc) is 2.71. The van der Waals surface area contributed by atoms with E-state index < -0.39 is 0 Å². The number of nitrogens with zero attached hydrogens (tertiary/aromatic N) is 3. The number of hydrogen-bond acceptors (Lipinski definition) is 4. The Labute approximate surface area is 116 Å². The SMILES string of the molecule is CN(C)Cc1ccc(-c2nn(C)c(=O)[nH]2)cc1.O=CO. The first-order chi connectivity index (χ1) is 9.47. The van der Waals surface area contributed by atoms with Gasteiger partial charge in [-0.3, -0.25) is 9.78 Å². The molecule has 1 aromatic heterocycles. The fourth-order valence-electron chi connectivity index (χ4n) is 1.67. The minimum absolute atomic E-state index is 0.197. The van der Waals surface area contributed by atoms with Crippen molar-refractivity contribution >= 4 is 6.47 Å². The van der Waals surface area contributed by atoms with E-state index in [1.165, 1.54) is 10.2 Å². The van der Waals surface area contributed by atoms with Crippen LogP contribution in [0.25, 0.3) is 11.4 Å². The summed E-state index contributed by atoms with van der Waals surface area (Å²) in [6, 6.07) is 8.03. The first-order valence-electron chi connectivity index (χ1n) is 5.93. The number of aryl methyl sites for hydroxylation is 1. The zero-order chi connectivity index (χ0) is 15.1. The van der Waals surface area contributed by atoms with Crippen LogP contribution in [0.5, 0.6) is 0 Å². The highest BCUT2D eigenvalue weighted by atomic mass is 16.3. The second-order valence-corrected chi connectivity index (χ2v) is 4.44. The van der Waals surface area contributed by atoms with E-state index in [0.29, 0.717) is 5.82 Å². The monoisotopic (exact) mass is 278 g/mol. The van der Waals surface area contributed by atoms with Gasteiger partial charge in [0.15, 0.2) is 5.82 Å². The molecule has 0 radical (unpaired) electrons. The predicted octanol–water partition coefficient (Wildman–Crippen LogP) is 0.538. The zero-order valence-electron chi connectivity index (χ0n) is 11.7. The molecular weight excluding hydrogens is 260 g/mol. The van der Waals surface area contributed by atoms with Crippen LogP contribution in [0.2, 0.25) is 0 Å². The Morgan fingerprint density at radius 2 is 1.90 bits per heavy atom. The third-order valence-corrected chi connectivity index (χ3v) is 2.50. The summed E-state index contributed by atoms with van der Waals surface area (Å²) in [4.78, 5) is 24.4. The highest BCUT2D eigenvalue weighted by Crippen LogP contribution is 2.14. The van der Waals surface area contributed by atoms with Crippen LogP contribution in [0, 0.1) is 0 Å². The Kier molecular flexibility index (Phi) is 5.67. The molecular formula is C13H18N4O3. The maximum Gasteiger partial charge on any atom is 0.343 e. The lowest BCUT2D eigenvalue weighted by atomic mass is 10.1. The number of carbonyl (C=O) groups is 1. The summed E-state index contributed by atoms with van der Waals surface area (Å²) in [5.74, 6) is 0.605. The summed E-state index contributed by atoms with van der Waals surface area (Å²) in [7, 11) is 5.69. The van der Waals surface area contributed by atoms with Gasteiger partial charge in [-0.25, -0.2) is 9.48 Å². The van der Waals surface area contributed by atoms with E-state index in [2.05, 4.69) is 15.0 Å². The summed E-state index contributed by atoms with van der Waals surface area (Å²) >= 11 is 0. The molecule has 2 N–H and O–H groups in total. The molecule has 0 fully saturated rings. The van der Waals surface area contributed by atoms with E-state index in [1.807, 2.05) is 38.4 Å². The summed E-state index contributed by atoms with van der Waals surface area (Å²) in [5, 5.41) is 11.0. The molecule has 0 unspecified atom stereocenters. The van der Waals surface area contributed by atoms with Crippen molar-refractivity contribution in [1.29, 1.82) is 0 Å². The van der Waals surface area contributed by atoms with Gasteiger partial charge >= 0.3 is 5.69 Å². The van der Waals surface area contributed by atoms with E-state index in [-0.39, 0.29) is 12.2 Å². The van der Waals surface area contributed by atoms with Crippen molar-refractivity contribution in [2.45, 2.75) is 6.54 Å². The Balaban J connectivity index is 0.000000612. The first kappa shape index (κ1) is 15.6. The van der Waals surface area contributed by atoms with Gasteiger partial charge in [-0.05, 0) is 19.7 Å². The van der Waals surface area contributed by atoms with Crippen molar-refractivity contribution in [3.63, 3.8) is 0 Å². The fourth-order valence-corrected chi connectivity index (χ4v) is 1.67. The molecule has 0 saturated carbocycles. The summed E-state index contributed by atoms with van der Waals surface area (Å²) < 4.78 is 1.29. The minimum atomic E-state index is -0.250. The standard InChI is InChI=1S/C12H16N4O.CH2O2/c1-15(2)8-9-4-6-10(7-5-9)11-13-12(17)16(3)14-11;2-1-3/h4-7H,8H2,1-3H3,(H,13,14,17);1H,(H,2,3). The zero-order valence-corrected chi connectivity index (χ0v) is 11.7. The molecule has 0 spiro atoms. The Morgan fingerprint density at radius 3 is 2.30 bits per heavy atom. The summed E-state index contributed by atoms with van der Waals surface area (Å²) in [6.07, 6.45) is 0. The van der Waals surface area contributed by atoms with Crippen molar-refractivity contribution in [3.8, 4) is 11.4 Å². The molecule has 0 atom stereocenters. The van der Waals surface area contributed by atoms with Crippen LogP contribution < -0.4 is 5.69 Å². The normalized spacial score (nSPS) is 10.0. The smallest absolute Gasteiger partial charge is 0.343 e. The number of benzene rings is 1. The molecule has 20 heavy (non-hydrogen) atoms. The molecule has 0 aliphatic heterocycles. The maximum absolute atomic E-state index is 11.3.